The van der Waals surface area contributed by atoms with Crippen LogP contribution < -0.4 is 14.8 Å². The predicted octanol–water partition coefficient (Wildman–Crippen LogP) is 7.67. The second kappa shape index (κ2) is 13.1. The third kappa shape index (κ3) is 6.71. The zero-order valence-electron chi connectivity index (χ0n) is 21.9. The molecule has 2 atom stereocenters. The van der Waals surface area contributed by atoms with Gasteiger partial charge >= 0.3 is 5.97 Å². The van der Waals surface area contributed by atoms with Crippen LogP contribution in [0.4, 0.5) is 0 Å². The average molecular weight is 528 g/mol. The first-order valence-electron chi connectivity index (χ1n) is 12.6. The lowest BCUT2D eigenvalue weighted by Crippen LogP contribution is -2.15. The molecule has 2 N–H and O–H groups in total. The van der Waals surface area contributed by atoms with Gasteiger partial charge in [-0.25, -0.2) is 0 Å². The first-order chi connectivity index (χ1) is 18.5. The van der Waals surface area contributed by atoms with Crippen LogP contribution in [0.1, 0.15) is 35.8 Å². The van der Waals surface area contributed by atoms with Crippen molar-refractivity contribution in [1.82, 2.24) is 5.32 Å². The molecular weight excluding hydrogens is 494 g/mol. The molecule has 4 aromatic carbocycles. The standard InChI is InChI=1S/C18H19NOS.C14H14O3/c1-19-12-11-17(18-10-5-13-21-18)20-16-9-4-7-14-6-2-3-8-15(14)16;1-9(14(15)16)10-3-4-12-8-13(17-2)6-5-11(12)7-10/h2-10,13,17,19H,11-12H2,1H3;3-9H,1-2H3,(H,15,16)/t17-;9-/m00/s1. The van der Waals surface area contributed by atoms with Gasteiger partial charge in [0.15, 0.2) is 0 Å². The van der Waals surface area contributed by atoms with Crippen LogP contribution in [0, 0.1) is 0 Å². The number of carbonyl (C=O) groups is 1. The van der Waals surface area contributed by atoms with Crippen LogP contribution in [0.25, 0.3) is 21.5 Å². The number of carboxylic acids is 1. The second-order valence-electron chi connectivity index (χ2n) is 9.02. The summed E-state index contributed by atoms with van der Waals surface area (Å²) in [7, 11) is 3.60. The molecule has 5 aromatic rings. The fourth-order valence-corrected chi connectivity index (χ4v) is 5.03. The maximum Gasteiger partial charge on any atom is 0.310 e. The molecule has 38 heavy (non-hydrogen) atoms. The summed E-state index contributed by atoms with van der Waals surface area (Å²) in [5, 5.41) is 18.7. The second-order valence-corrected chi connectivity index (χ2v) is 10.0. The molecule has 196 valence electrons. The lowest BCUT2D eigenvalue weighted by molar-refractivity contribution is -0.138. The summed E-state index contributed by atoms with van der Waals surface area (Å²) < 4.78 is 11.5. The fourth-order valence-electron chi connectivity index (χ4n) is 4.24. The van der Waals surface area contributed by atoms with E-state index in [1.807, 2.05) is 43.4 Å². The minimum atomic E-state index is -0.808. The van der Waals surface area contributed by atoms with E-state index in [2.05, 4.69) is 65.3 Å². The number of methoxy groups -OCH3 is 1. The van der Waals surface area contributed by atoms with Gasteiger partial charge in [-0.05, 0) is 71.9 Å². The number of fused-ring (bicyclic) bond motifs is 2. The molecule has 6 heteroatoms. The first kappa shape index (κ1) is 27.2. The van der Waals surface area contributed by atoms with Crippen molar-refractivity contribution < 1.29 is 19.4 Å². The Bertz CT molecular complexity index is 1480. The summed E-state index contributed by atoms with van der Waals surface area (Å²) in [6.07, 6.45) is 1.06. The van der Waals surface area contributed by atoms with E-state index in [1.165, 1.54) is 15.6 Å². The number of hydrogen-bond acceptors (Lipinski definition) is 5. The van der Waals surface area contributed by atoms with Crippen molar-refractivity contribution in [2.75, 3.05) is 20.7 Å². The Hall–Kier alpha value is -3.87. The number of rotatable bonds is 9. The maximum atomic E-state index is 10.9. The third-order valence-corrected chi connectivity index (χ3v) is 7.44. The minimum Gasteiger partial charge on any atom is -0.497 e. The molecule has 1 heterocycles. The Labute approximate surface area is 227 Å². The van der Waals surface area contributed by atoms with Gasteiger partial charge in [-0.15, -0.1) is 11.3 Å². The molecular formula is C32H33NO4S. The lowest BCUT2D eigenvalue weighted by atomic mass is 9.98. The van der Waals surface area contributed by atoms with E-state index < -0.39 is 11.9 Å². The van der Waals surface area contributed by atoms with Crippen molar-refractivity contribution in [2.45, 2.75) is 25.4 Å². The highest BCUT2D eigenvalue weighted by Crippen LogP contribution is 2.32. The van der Waals surface area contributed by atoms with Crippen molar-refractivity contribution >= 4 is 38.9 Å². The number of hydrogen-bond donors (Lipinski definition) is 2. The summed E-state index contributed by atoms with van der Waals surface area (Å²) in [4.78, 5) is 12.2. The van der Waals surface area contributed by atoms with E-state index in [0.29, 0.717) is 0 Å². The zero-order chi connectivity index (χ0) is 26.9. The van der Waals surface area contributed by atoms with Gasteiger partial charge in [0.2, 0.25) is 0 Å². The van der Waals surface area contributed by atoms with Crippen molar-refractivity contribution in [3.63, 3.8) is 0 Å². The van der Waals surface area contributed by atoms with Crippen LogP contribution in [0.2, 0.25) is 0 Å². The number of aliphatic carboxylic acids is 1. The first-order valence-corrected chi connectivity index (χ1v) is 13.5. The average Bonchev–Trinajstić information content (AvgIpc) is 3.49. The molecule has 0 bridgehead atoms. The number of carboxylic acid groups (broad SMARTS) is 1. The summed E-state index contributed by atoms with van der Waals surface area (Å²) in [5.41, 5.74) is 0.815. The molecule has 0 fully saturated rings. The summed E-state index contributed by atoms with van der Waals surface area (Å²) in [6.45, 7) is 2.63. The molecule has 0 spiro atoms. The monoisotopic (exact) mass is 527 g/mol. The van der Waals surface area contributed by atoms with Crippen LogP contribution in [0.5, 0.6) is 11.5 Å². The quantitative estimate of drug-likeness (QED) is 0.206. The molecule has 0 saturated carbocycles. The Balaban J connectivity index is 0.000000181. The number of ether oxygens (including phenoxy) is 2. The highest BCUT2D eigenvalue weighted by molar-refractivity contribution is 7.10. The summed E-state index contributed by atoms with van der Waals surface area (Å²) in [6, 6.07) is 30.3. The van der Waals surface area contributed by atoms with Crippen LogP contribution in [-0.2, 0) is 4.79 Å². The Morgan fingerprint density at radius 2 is 1.68 bits per heavy atom. The van der Waals surface area contributed by atoms with Crippen LogP contribution >= 0.6 is 11.3 Å². The van der Waals surface area contributed by atoms with Crippen LogP contribution in [0.15, 0.2) is 96.4 Å². The predicted molar refractivity (Wildman–Crippen MR) is 157 cm³/mol. The van der Waals surface area contributed by atoms with E-state index >= 15 is 0 Å². The number of thiophene rings is 1. The zero-order valence-corrected chi connectivity index (χ0v) is 22.7. The Kier molecular flexibility index (Phi) is 9.35. The van der Waals surface area contributed by atoms with E-state index in [1.54, 1.807) is 25.4 Å². The molecule has 0 unspecified atom stereocenters. The topological polar surface area (TPSA) is 67.8 Å². The van der Waals surface area contributed by atoms with Crippen LogP contribution in [0.3, 0.4) is 0 Å². The van der Waals surface area contributed by atoms with Gasteiger partial charge < -0.3 is 19.9 Å². The maximum absolute atomic E-state index is 10.9. The van der Waals surface area contributed by atoms with E-state index in [4.69, 9.17) is 14.6 Å². The SMILES string of the molecule is CNCC[C@H](Oc1cccc2ccccc12)c1cccs1.COc1ccc2cc([C@H](C)C(=O)O)ccc2c1. The summed E-state index contributed by atoms with van der Waals surface area (Å²) >= 11 is 1.75. The van der Waals surface area contributed by atoms with Gasteiger partial charge in [0.25, 0.3) is 0 Å². The molecule has 0 amide bonds. The molecule has 5 rings (SSSR count). The van der Waals surface area contributed by atoms with E-state index in [-0.39, 0.29) is 6.10 Å². The van der Waals surface area contributed by atoms with Gasteiger partial charge in [-0.3, -0.25) is 4.79 Å². The molecule has 0 saturated heterocycles. The van der Waals surface area contributed by atoms with Crippen molar-refractivity contribution in [1.29, 1.82) is 0 Å². The Morgan fingerprint density at radius 3 is 2.42 bits per heavy atom. The minimum absolute atomic E-state index is 0.100. The van der Waals surface area contributed by atoms with E-state index in [0.717, 1.165) is 40.8 Å². The van der Waals surface area contributed by atoms with Crippen LogP contribution in [-0.4, -0.2) is 31.8 Å². The third-order valence-electron chi connectivity index (χ3n) is 6.48. The summed E-state index contributed by atoms with van der Waals surface area (Å²) in [5.74, 6) is 0.471. The molecule has 0 radical (unpaired) electrons. The smallest absolute Gasteiger partial charge is 0.310 e. The van der Waals surface area contributed by atoms with Gasteiger partial charge in [0.05, 0.1) is 13.0 Å². The fraction of sp³-hybridized carbons (Fsp3) is 0.219. The van der Waals surface area contributed by atoms with Crippen molar-refractivity contribution in [3.05, 3.63) is 107 Å². The molecule has 0 aliphatic heterocycles. The van der Waals surface area contributed by atoms with Crippen molar-refractivity contribution in [2.24, 2.45) is 0 Å². The highest BCUT2D eigenvalue weighted by atomic mass is 32.1. The number of nitrogens with one attached hydrogen (secondary N) is 1. The van der Waals surface area contributed by atoms with Gasteiger partial charge in [-0.2, -0.15) is 0 Å². The molecule has 5 nitrogen and oxygen atoms in total. The number of benzene rings is 4. The largest absolute Gasteiger partial charge is 0.497 e. The molecule has 0 aliphatic carbocycles. The van der Waals surface area contributed by atoms with Crippen molar-refractivity contribution in [3.8, 4) is 11.5 Å². The van der Waals surface area contributed by atoms with Gasteiger partial charge in [0, 0.05) is 16.7 Å². The van der Waals surface area contributed by atoms with E-state index in [9.17, 15) is 4.79 Å². The molecule has 1 aromatic heterocycles. The normalized spacial score (nSPS) is 12.4. The Morgan fingerprint density at radius 1 is 0.921 bits per heavy atom. The van der Waals surface area contributed by atoms with Gasteiger partial charge in [0.1, 0.15) is 17.6 Å². The lowest BCUT2D eigenvalue weighted by Gasteiger charge is -2.19. The molecule has 0 aliphatic rings. The van der Waals surface area contributed by atoms with Gasteiger partial charge in [-0.1, -0.05) is 66.7 Å². The highest BCUT2D eigenvalue weighted by Gasteiger charge is 2.16.